The molecule has 15 heavy (non-hydrogen) atoms. The average Bonchev–Trinajstić information content (AvgIpc) is 2.65. The van der Waals surface area contributed by atoms with Crippen LogP contribution >= 0.6 is 0 Å². The fraction of sp³-hybridized carbons (Fsp3) is 0.462. The van der Waals surface area contributed by atoms with Crippen LogP contribution in [0.2, 0.25) is 0 Å². The third-order valence-electron chi connectivity index (χ3n) is 1.43. The number of aromatic nitrogens is 2. The highest BCUT2D eigenvalue weighted by molar-refractivity contribution is 5.60. The van der Waals surface area contributed by atoms with Crippen molar-refractivity contribution in [1.29, 1.82) is 0 Å². The summed E-state index contributed by atoms with van der Waals surface area (Å²) < 4.78 is 1.78. The van der Waals surface area contributed by atoms with E-state index in [0.29, 0.717) is 0 Å². The van der Waals surface area contributed by atoms with E-state index in [1.807, 2.05) is 60.0 Å². The van der Waals surface area contributed by atoms with Gasteiger partial charge in [0.15, 0.2) is 0 Å². The lowest BCUT2D eigenvalue weighted by Crippen LogP contribution is -1.86. The molecule has 0 N–H and O–H groups in total. The minimum Gasteiger partial charge on any atom is -0.275 e. The highest BCUT2D eigenvalue weighted by Gasteiger charge is 1.98. The van der Waals surface area contributed by atoms with Crippen molar-refractivity contribution in [3.05, 3.63) is 30.1 Å². The highest BCUT2D eigenvalue weighted by Crippen LogP contribution is 2.08. The van der Waals surface area contributed by atoms with E-state index < -0.39 is 0 Å². The van der Waals surface area contributed by atoms with Crippen molar-refractivity contribution in [1.82, 2.24) is 9.78 Å². The summed E-state index contributed by atoms with van der Waals surface area (Å²) in [6.07, 6.45) is 7.74. The number of rotatable bonds is 2. The Bertz CT molecular complexity index is 283. The van der Waals surface area contributed by atoms with Crippen molar-refractivity contribution in [2.45, 2.75) is 34.6 Å². The Balaban J connectivity index is 0. The monoisotopic (exact) mass is 208 g/mol. The van der Waals surface area contributed by atoms with Crippen LogP contribution < -0.4 is 0 Å². The van der Waals surface area contributed by atoms with Crippen LogP contribution in [0.3, 0.4) is 0 Å². The van der Waals surface area contributed by atoms with Crippen molar-refractivity contribution in [2.24, 2.45) is 7.05 Å². The summed E-state index contributed by atoms with van der Waals surface area (Å²) in [7, 11) is 1.90. The fourth-order valence-electron chi connectivity index (χ4n) is 0.991. The lowest BCUT2D eigenvalue weighted by atomic mass is 10.2. The summed E-state index contributed by atoms with van der Waals surface area (Å²) in [5.41, 5.74) is 2.05. The van der Waals surface area contributed by atoms with Gasteiger partial charge < -0.3 is 0 Å². The van der Waals surface area contributed by atoms with Gasteiger partial charge in [-0.25, -0.2) is 0 Å². The molecule has 1 aromatic heterocycles. The molecule has 0 aromatic carbocycles. The van der Waals surface area contributed by atoms with Gasteiger partial charge in [-0.2, -0.15) is 5.10 Å². The Morgan fingerprint density at radius 3 is 2.20 bits per heavy atom. The molecule has 0 atom stereocenters. The van der Waals surface area contributed by atoms with E-state index in [-0.39, 0.29) is 0 Å². The second-order valence-corrected chi connectivity index (χ2v) is 2.35. The van der Waals surface area contributed by atoms with E-state index in [9.17, 15) is 0 Å². The van der Waals surface area contributed by atoms with E-state index in [1.54, 1.807) is 10.8 Å². The van der Waals surface area contributed by atoms with Gasteiger partial charge in [0, 0.05) is 18.8 Å². The van der Waals surface area contributed by atoms with Gasteiger partial charge >= 0.3 is 0 Å². The van der Waals surface area contributed by atoms with E-state index in [2.05, 4.69) is 11.7 Å². The van der Waals surface area contributed by atoms with Gasteiger partial charge in [0.1, 0.15) is 0 Å². The number of nitrogens with zero attached hydrogens (tertiary/aromatic N) is 2. The SMILES string of the molecule is C=Cc1nn(C)cc1/C=C\C.CC.CC. The Kier molecular flexibility index (Phi) is 11.6. The van der Waals surface area contributed by atoms with Crippen molar-refractivity contribution >= 4 is 12.2 Å². The molecule has 0 aliphatic rings. The van der Waals surface area contributed by atoms with Crippen molar-refractivity contribution in [3.8, 4) is 0 Å². The summed E-state index contributed by atoms with van der Waals surface area (Å²) in [4.78, 5) is 0. The van der Waals surface area contributed by atoms with Crippen LogP contribution in [0, 0.1) is 0 Å². The molecule has 1 rings (SSSR count). The zero-order chi connectivity index (χ0) is 12.3. The van der Waals surface area contributed by atoms with Crippen LogP contribution in [0.4, 0.5) is 0 Å². The van der Waals surface area contributed by atoms with Gasteiger partial charge in [0.2, 0.25) is 0 Å². The third kappa shape index (κ3) is 5.89. The molecule has 0 saturated heterocycles. The van der Waals surface area contributed by atoms with Crippen LogP contribution in [-0.4, -0.2) is 9.78 Å². The molecular weight excluding hydrogens is 184 g/mol. The van der Waals surface area contributed by atoms with Gasteiger partial charge in [-0.15, -0.1) is 0 Å². The molecule has 2 nitrogen and oxygen atoms in total. The first-order valence-electron chi connectivity index (χ1n) is 5.56. The smallest absolute Gasteiger partial charge is 0.0917 e. The standard InChI is InChI=1S/C9H12N2.2C2H6/c1-4-6-8-7-11(3)10-9(8)5-2;2*1-2/h4-7H,2H2,1,3H3;2*1-2H3/b6-4-;;. The van der Waals surface area contributed by atoms with E-state index >= 15 is 0 Å². The van der Waals surface area contributed by atoms with Gasteiger partial charge in [-0.3, -0.25) is 4.68 Å². The number of hydrogen-bond donors (Lipinski definition) is 0. The molecular formula is C13H24N2. The fourth-order valence-corrected chi connectivity index (χ4v) is 0.991. The molecule has 1 aromatic rings. The van der Waals surface area contributed by atoms with Gasteiger partial charge in [0.05, 0.1) is 5.69 Å². The molecule has 0 amide bonds. The molecule has 0 aliphatic carbocycles. The van der Waals surface area contributed by atoms with Gasteiger partial charge in [-0.1, -0.05) is 46.4 Å². The predicted molar refractivity (Wildman–Crippen MR) is 70.7 cm³/mol. The lowest BCUT2D eigenvalue weighted by molar-refractivity contribution is 0.764. The van der Waals surface area contributed by atoms with Crippen LogP contribution in [0.5, 0.6) is 0 Å². The molecule has 1 heterocycles. The van der Waals surface area contributed by atoms with Crippen LogP contribution in [0.15, 0.2) is 18.9 Å². The number of allylic oxidation sites excluding steroid dienone is 1. The second kappa shape index (κ2) is 10.8. The number of hydrogen-bond acceptors (Lipinski definition) is 1. The van der Waals surface area contributed by atoms with Gasteiger partial charge in [0.25, 0.3) is 0 Å². The molecule has 0 saturated carbocycles. The van der Waals surface area contributed by atoms with Gasteiger partial charge in [-0.05, 0) is 13.0 Å². The van der Waals surface area contributed by atoms with Crippen LogP contribution in [0.25, 0.3) is 12.2 Å². The molecule has 0 fully saturated rings. The number of aryl methyl sites for hydroxylation is 1. The predicted octanol–water partition coefficient (Wildman–Crippen LogP) is 4.15. The zero-order valence-electron chi connectivity index (χ0n) is 10.9. The quantitative estimate of drug-likeness (QED) is 0.714. The lowest BCUT2D eigenvalue weighted by Gasteiger charge is -1.84. The summed E-state index contributed by atoms with van der Waals surface area (Å²) >= 11 is 0. The third-order valence-corrected chi connectivity index (χ3v) is 1.43. The first-order valence-corrected chi connectivity index (χ1v) is 5.56. The Morgan fingerprint density at radius 2 is 1.80 bits per heavy atom. The Labute approximate surface area is 94.3 Å². The van der Waals surface area contributed by atoms with Crippen molar-refractivity contribution in [3.63, 3.8) is 0 Å². The Morgan fingerprint density at radius 1 is 1.27 bits per heavy atom. The van der Waals surface area contributed by atoms with Crippen molar-refractivity contribution in [2.75, 3.05) is 0 Å². The maximum atomic E-state index is 4.20. The van der Waals surface area contributed by atoms with E-state index in [0.717, 1.165) is 11.3 Å². The Hall–Kier alpha value is -1.31. The zero-order valence-corrected chi connectivity index (χ0v) is 10.9. The molecule has 0 unspecified atom stereocenters. The second-order valence-electron chi connectivity index (χ2n) is 2.35. The molecule has 2 heteroatoms. The first kappa shape index (κ1) is 16.1. The first-order chi connectivity index (χ1) is 7.27. The van der Waals surface area contributed by atoms with E-state index in [4.69, 9.17) is 0 Å². The molecule has 0 spiro atoms. The maximum absolute atomic E-state index is 4.20. The summed E-state index contributed by atoms with van der Waals surface area (Å²) in [6, 6.07) is 0. The highest BCUT2D eigenvalue weighted by atomic mass is 15.2. The molecule has 0 radical (unpaired) electrons. The molecule has 0 aliphatic heterocycles. The maximum Gasteiger partial charge on any atom is 0.0917 e. The van der Waals surface area contributed by atoms with E-state index in [1.165, 1.54) is 0 Å². The summed E-state index contributed by atoms with van der Waals surface area (Å²) in [6.45, 7) is 13.7. The topological polar surface area (TPSA) is 17.8 Å². The largest absolute Gasteiger partial charge is 0.275 e. The summed E-state index contributed by atoms with van der Waals surface area (Å²) in [5.74, 6) is 0. The molecule has 0 bridgehead atoms. The van der Waals surface area contributed by atoms with Crippen LogP contribution in [-0.2, 0) is 7.05 Å². The normalized spacial score (nSPS) is 8.67. The summed E-state index contributed by atoms with van der Waals surface area (Å²) in [5, 5.41) is 4.20. The average molecular weight is 208 g/mol. The molecule has 86 valence electrons. The minimum atomic E-state index is 0.936. The van der Waals surface area contributed by atoms with Crippen LogP contribution in [0.1, 0.15) is 45.9 Å². The minimum absolute atomic E-state index is 0.936. The van der Waals surface area contributed by atoms with Crippen molar-refractivity contribution < 1.29 is 0 Å².